The zero-order chi connectivity index (χ0) is 8.69. The van der Waals surface area contributed by atoms with Crippen LogP contribution >= 0.6 is 18.5 Å². The third kappa shape index (κ3) is 7.09. The highest BCUT2D eigenvalue weighted by Crippen LogP contribution is 2.46. The average molecular weight is 195 g/mol. The number of rotatable bonds is 6. The zero-order valence-electron chi connectivity index (χ0n) is 7.94. The molecule has 0 aromatic heterocycles. The summed E-state index contributed by atoms with van der Waals surface area (Å²) in [5.74, 6) is 0. The third-order valence-corrected chi connectivity index (χ3v) is 5.33. The van der Waals surface area contributed by atoms with Gasteiger partial charge in [-0.2, -0.15) is 0 Å². The van der Waals surface area contributed by atoms with Crippen molar-refractivity contribution in [3.63, 3.8) is 0 Å². The van der Waals surface area contributed by atoms with E-state index in [1.54, 1.807) is 0 Å². The quantitative estimate of drug-likeness (QED) is 0.428. The molecule has 0 nitrogen and oxygen atoms in total. The Kier molecular flexibility index (Phi) is 7.86. The number of halogens is 1. The summed E-state index contributed by atoms with van der Waals surface area (Å²) < 4.78 is 0. The molecule has 0 aromatic carbocycles. The molecule has 68 valence electrons. The first kappa shape index (κ1) is 11.7. The summed E-state index contributed by atoms with van der Waals surface area (Å²) in [5.41, 5.74) is 0.702. The summed E-state index contributed by atoms with van der Waals surface area (Å²) >= 11 is 6.16. The average Bonchev–Trinajstić information content (AvgIpc) is 1.97. The minimum Gasteiger partial charge on any atom is -0.0962 e. The van der Waals surface area contributed by atoms with Gasteiger partial charge in [0.05, 0.1) is 0 Å². The van der Waals surface area contributed by atoms with Gasteiger partial charge >= 0.3 is 0 Å². The molecule has 0 aliphatic carbocycles. The maximum atomic E-state index is 6.16. The summed E-state index contributed by atoms with van der Waals surface area (Å²) in [6.45, 7) is 6.68. The molecule has 11 heavy (non-hydrogen) atoms. The third-order valence-electron chi connectivity index (χ3n) is 1.79. The molecule has 0 heterocycles. The summed E-state index contributed by atoms with van der Waals surface area (Å²) in [6.07, 6.45) is 6.66. The van der Waals surface area contributed by atoms with E-state index in [1.807, 2.05) is 0 Å². The molecule has 0 N–H and O–H groups in total. The molecule has 1 atom stereocenters. The Balaban J connectivity index is 3.10. The summed E-state index contributed by atoms with van der Waals surface area (Å²) in [5, 5.41) is 0. The SMILES string of the molecule is CCCCCCP(Cl)C(C)C. The van der Waals surface area contributed by atoms with E-state index in [0.29, 0.717) is 5.66 Å². The molecular weight excluding hydrogens is 175 g/mol. The number of hydrogen-bond donors (Lipinski definition) is 0. The minimum absolute atomic E-state index is 0.184. The lowest BCUT2D eigenvalue weighted by Crippen LogP contribution is -1.92. The molecule has 0 bridgehead atoms. The van der Waals surface area contributed by atoms with Gasteiger partial charge < -0.3 is 0 Å². The van der Waals surface area contributed by atoms with E-state index < -0.39 is 0 Å². The van der Waals surface area contributed by atoms with Crippen LogP contribution in [0.2, 0.25) is 0 Å². The molecular formula is C9H20ClP. The van der Waals surface area contributed by atoms with Gasteiger partial charge in [0.2, 0.25) is 0 Å². The maximum absolute atomic E-state index is 6.16. The monoisotopic (exact) mass is 194 g/mol. The van der Waals surface area contributed by atoms with E-state index in [2.05, 4.69) is 20.8 Å². The van der Waals surface area contributed by atoms with Gasteiger partial charge in [0.25, 0.3) is 0 Å². The van der Waals surface area contributed by atoms with E-state index in [-0.39, 0.29) is 7.27 Å². The minimum atomic E-state index is -0.184. The van der Waals surface area contributed by atoms with Crippen LogP contribution in [-0.2, 0) is 0 Å². The van der Waals surface area contributed by atoms with Crippen LogP contribution < -0.4 is 0 Å². The Bertz CT molecular complexity index is 83.6. The number of unbranched alkanes of at least 4 members (excludes halogenated alkanes) is 3. The van der Waals surface area contributed by atoms with Gasteiger partial charge in [0, 0.05) is 0 Å². The van der Waals surface area contributed by atoms with Gasteiger partial charge in [-0.3, -0.25) is 0 Å². The van der Waals surface area contributed by atoms with Gasteiger partial charge in [-0.25, -0.2) is 0 Å². The summed E-state index contributed by atoms with van der Waals surface area (Å²) in [7, 11) is -0.184. The van der Waals surface area contributed by atoms with Crippen molar-refractivity contribution in [1.82, 2.24) is 0 Å². The van der Waals surface area contributed by atoms with Crippen molar-refractivity contribution in [2.45, 2.75) is 52.1 Å². The van der Waals surface area contributed by atoms with Crippen LogP contribution in [0.5, 0.6) is 0 Å². The smallest absolute Gasteiger partial charge is 0.00712 e. The highest BCUT2D eigenvalue weighted by atomic mass is 35.7. The Hall–Kier alpha value is 0.720. The van der Waals surface area contributed by atoms with Crippen molar-refractivity contribution in [1.29, 1.82) is 0 Å². The Labute approximate surface area is 77.3 Å². The van der Waals surface area contributed by atoms with Crippen molar-refractivity contribution in [3.8, 4) is 0 Å². The highest BCUT2D eigenvalue weighted by Gasteiger charge is 2.07. The van der Waals surface area contributed by atoms with E-state index in [4.69, 9.17) is 11.2 Å². The lowest BCUT2D eigenvalue weighted by molar-refractivity contribution is 0.704. The van der Waals surface area contributed by atoms with Gasteiger partial charge in [-0.15, -0.1) is 0 Å². The van der Waals surface area contributed by atoms with Crippen LogP contribution in [0.1, 0.15) is 46.5 Å². The van der Waals surface area contributed by atoms with Gasteiger partial charge in [0.15, 0.2) is 0 Å². The fourth-order valence-corrected chi connectivity index (χ4v) is 2.35. The highest BCUT2D eigenvalue weighted by molar-refractivity contribution is 7.84. The van der Waals surface area contributed by atoms with Crippen LogP contribution in [0.15, 0.2) is 0 Å². The van der Waals surface area contributed by atoms with Crippen LogP contribution in [0.3, 0.4) is 0 Å². The standard InChI is InChI=1S/C9H20ClP/c1-4-5-6-7-8-11(10)9(2)3/h9H,4-8H2,1-3H3. The molecule has 0 aliphatic heterocycles. The molecule has 0 saturated heterocycles. The van der Waals surface area contributed by atoms with Crippen molar-refractivity contribution in [2.75, 3.05) is 6.16 Å². The zero-order valence-corrected chi connectivity index (χ0v) is 9.59. The van der Waals surface area contributed by atoms with Crippen molar-refractivity contribution in [2.24, 2.45) is 0 Å². The van der Waals surface area contributed by atoms with Crippen molar-refractivity contribution < 1.29 is 0 Å². The lowest BCUT2D eigenvalue weighted by Gasteiger charge is -2.12. The van der Waals surface area contributed by atoms with E-state index >= 15 is 0 Å². The molecule has 0 rings (SSSR count). The van der Waals surface area contributed by atoms with Gasteiger partial charge in [-0.1, -0.05) is 51.3 Å². The fraction of sp³-hybridized carbons (Fsp3) is 1.00. The second kappa shape index (κ2) is 7.37. The predicted molar refractivity (Wildman–Crippen MR) is 56.9 cm³/mol. The normalized spacial score (nSPS) is 13.9. The van der Waals surface area contributed by atoms with E-state index in [1.165, 1.54) is 31.8 Å². The second-order valence-corrected chi connectivity index (χ2v) is 6.86. The van der Waals surface area contributed by atoms with Crippen LogP contribution in [0.4, 0.5) is 0 Å². The topological polar surface area (TPSA) is 0 Å². The van der Waals surface area contributed by atoms with E-state index in [0.717, 1.165) is 0 Å². The predicted octanol–water partition coefficient (Wildman–Crippen LogP) is 4.61. The van der Waals surface area contributed by atoms with Crippen LogP contribution in [0, 0.1) is 0 Å². The fourth-order valence-electron chi connectivity index (χ4n) is 0.948. The van der Waals surface area contributed by atoms with Crippen molar-refractivity contribution >= 4 is 18.5 Å². The first-order valence-electron chi connectivity index (χ1n) is 4.61. The molecule has 0 amide bonds. The Morgan fingerprint density at radius 3 is 2.27 bits per heavy atom. The Morgan fingerprint density at radius 1 is 1.18 bits per heavy atom. The van der Waals surface area contributed by atoms with Gasteiger partial charge in [0.1, 0.15) is 0 Å². The molecule has 1 unspecified atom stereocenters. The molecule has 0 saturated carbocycles. The molecule has 0 fully saturated rings. The first-order valence-corrected chi connectivity index (χ1v) is 7.11. The first-order chi connectivity index (χ1) is 5.18. The Morgan fingerprint density at radius 2 is 1.82 bits per heavy atom. The second-order valence-electron chi connectivity index (χ2n) is 3.28. The molecule has 0 radical (unpaired) electrons. The molecule has 0 aliphatic rings. The molecule has 0 aromatic rings. The summed E-state index contributed by atoms with van der Waals surface area (Å²) in [4.78, 5) is 0. The largest absolute Gasteiger partial charge is 0.0962 e. The molecule has 2 heteroatoms. The number of hydrogen-bond acceptors (Lipinski definition) is 0. The maximum Gasteiger partial charge on any atom is -0.00712 e. The van der Waals surface area contributed by atoms with Crippen LogP contribution in [0.25, 0.3) is 0 Å². The lowest BCUT2D eigenvalue weighted by atomic mass is 10.2. The summed E-state index contributed by atoms with van der Waals surface area (Å²) in [6, 6.07) is 0. The van der Waals surface area contributed by atoms with Crippen LogP contribution in [-0.4, -0.2) is 11.8 Å². The molecule has 0 spiro atoms. The van der Waals surface area contributed by atoms with Crippen molar-refractivity contribution in [3.05, 3.63) is 0 Å². The van der Waals surface area contributed by atoms with E-state index in [9.17, 15) is 0 Å². The van der Waals surface area contributed by atoms with Gasteiger partial charge in [-0.05, 0) is 25.5 Å².